The van der Waals surface area contributed by atoms with Crippen LogP contribution in [0.15, 0.2) is 0 Å². The van der Waals surface area contributed by atoms with Gasteiger partial charge in [0.05, 0.1) is 0 Å². The van der Waals surface area contributed by atoms with Crippen LogP contribution < -0.4 is 0 Å². The van der Waals surface area contributed by atoms with Crippen LogP contribution in [0.25, 0.3) is 0 Å². The largest absolute Gasteiger partial charge is 0.372 e. The van der Waals surface area contributed by atoms with Crippen LogP contribution in [0.3, 0.4) is 0 Å². The summed E-state index contributed by atoms with van der Waals surface area (Å²) >= 11 is 0. The van der Waals surface area contributed by atoms with Gasteiger partial charge >= 0.3 is 0 Å². The number of hydrogen-bond donors (Lipinski definition) is 2. The van der Waals surface area contributed by atoms with Crippen LogP contribution in [0.4, 0.5) is 0 Å². The number of rotatable bonds is 18. The Balaban J connectivity index is 3.72. The van der Waals surface area contributed by atoms with Crippen molar-refractivity contribution in [2.24, 2.45) is 0 Å². The van der Waals surface area contributed by atoms with E-state index < -0.39 is 15.1 Å². The summed E-state index contributed by atoms with van der Waals surface area (Å²) in [6.45, 7) is 4.26. The molecule has 0 spiro atoms. The van der Waals surface area contributed by atoms with Gasteiger partial charge in [0.25, 0.3) is 10.1 Å². The third kappa shape index (κ3) is 12.8. The van der Waals surface area contributed by atoms with Crippen molar-refractivity contribution in [2.75, 3.05) is 0 Å². The van der Waals surface area contributed by atoms with Crippen LogP contribution in [0, 0.1) is 0 Å². The maximum absolute atomic E-state index is 11.5. The van der Waals surface area contributed by atoms with Gasteiger partial charge in [-0.3, -0.25) is 4.55 Å². The van der Waals surface area contributed by atoms with Crippen LogP contribution >= 0.6 is 0 Å². The molecule has 5 heteroatoms. The van der Waals surface area contributed by atoms with Gasteiger partial charge in [-0.15, -0.1) is 0 Å². The minimum absolute atomic E-state index is 0.137. The SMILES string of the molecule is CCCCCCCCCCCCCCC(O)(CCCCC)S(=O)(=O)O. The van der Waals surface area contributed by atoms with E-state index in [0.717, 1.165) is 25.7 Å². The molecule has 152 valence electrons. The zero-order valence-electron chi connectivity index (χ0n) is 16.6. The molecule has 0 amide bonds. The zero-order valence-corrected chi connectivity index (χ0v) is 17.5. The summed E-state index contributed by atoms with van der Waals surface area (Å²) in [6, 6.07) is 0. The maximum atomic E-state index is 11.5. The normalized spacial score (nSPS) is 14.6. The van der Waals surface area contributed by atoms with Crippen molar-refractivity contribution in [1.29, 1.82) is 0 Å². The predicted octanol–water partition coefficient (Wildman–Crippen LogP) is 6.23. The molecule has 25 heavy (non-hydrogen) atoms. The molecule has 0 bridgehead atoms. The summed E-state index contributed by atoms with van der Waals surface area (Å²) in [5, 5.41) is 10.3. The summed E-state index contributed by atoms with van der Waals surface area (Å²) < 4.78 is 32.3. The minimum atomic E-state index is -4.40. The van der Waals surface area contributed by atoms with E-state index >= 15 is 0 Å². The second kappa shape index (κ2) is 15.0. The molecular formula is C20H42O4S. The van der Waals surface area contributed by atoms with Gasteiger partial charge in [-0.05, 0) is 25.7 Å². The van der Waals surface area contributed by atoms with Gasteiger partial charge in [0.15, 0.2) is 4.93 Å². The lowest BCUT2D eigenvalue weighted by Gasteiger charge is -2.24. The molecule has 0 aliphatic carbocycles. The first kappa shape index (κ1) is 24.9. The Hall–Kier alpha value is -0.130. The highest BCUT2D eigenvalue weighted by molar-refractivity contribution is 7.87. The molecule has 1 atom stereocenters. The smallest absolute Gasteiger partial charge is 0.294 e. The molecule has 0 saturated carbocycles. The van der Waals surface area contributed by atoms with E-state index in [4.69, 9.17) is 0 Å². The topological polar surface area (TPSA) is 74.6 Å². The van der Waals surface area contributed by atoms with Gasteiger partial charge in [0.1, 0.15) is 0 Å². The lowest BCUT2D eigenvalue weighted by atomic mass is 10.0. The van der Waals surface area contributed by atoms with Crippen LogP contribution in [0.5, 0.6) is 0 Å². The third-order valence-corrected chi connectivity index (χ3v) is 6.44. The predicted molar refractivity (Wildman–Crippen MR) is 106 cm³/mol. The molecule has 0 radical (unpaired) electrons. The highest BCUT2D eigenvalue weighted by Gasteiger charge is 2.39. The second-order valence-electron chi connectivity index (χ2n) is 7.52. The summed E-state index contributed by atoms with van der Waals surface area (Å²) in [4.78, 5) is -1.94. The highest BCUT2D eigenvalue weighted by Crippen LogP contribution is 2.27. The maximum Gasteiger partial charge on any atom is 0.294 e. The van der Waals surface area contributed by atoms with Gasteiger partial charge in [-0.25, -0.2) is 0 Å². The summed E-state index contributed by atoms with van der Waals surface area (Å²) in [6.07, 6.45) is 17.1. The van der Waals surface area contributed by atoms with Gasteiger partial charge in [-0.2, -0.15) is 8.42 Å². The van der Waals surface area contributed by atoms with Crippen molar-refractivity contribution in [1.82, 2.24) is 0 Å². The van der Waals surface area contributed by atoms with Crippen molar-refractivity contribution in [2.45, 2.75) is 128 Å². The average molecular weight is 379 g/mol. The molecule has 0 aromatic carbocycles. The Morgan fingerprint density at radius 1 is 0.600 bits per heavy atom. The molecule has 0 heterocycles. The van der Waals surface area contributed by atoms with Crippen molar-refractivity contribution < 1.29 is 18.1 Å². The molecular weight excluding hydrogens is 336 g/mol. The van der Waals surface area contributed by atoms with Gasteiger partial charge in [0, 0.05) is 0 Å². The highest BCUT2D eigenvalue weighted by atomic mass is 32.2. The lowest BCUT2D eigenvalue weighted by Crippen LogP contribution is -2.38. The second-order valence-corrected chi connectivity index (χ2v) is 9.23. The van der Waals surface area contributed by atoms with E-state index in [1.54, 1.807) is 0 Å². The van der Waals surface area contributed by atoms with Gasteiger partial charge < -0.3 is 5.11 Å². The fourth-order valence-electron chi connectivity index (χ4n) is 3.28. The summed E-state index contributed by atoms with van der Waals surface area (Å²) in [5.74, 6) is 0. The first-order valence-corrected chi connectivity index (χ1v) is 12.0. The lowest BCUT2D eigenvalue weighted by molar-refractivity contribution is 0.0886. The zero-order chi connectivity index (χ0) is 19.0. The molecule has 0 saturated heterocycles. The van der Waals surface area contributed by atoms with Crippen LogP contribution in [0.1, 0.15) is 123 Å². The Labute approximate surface area is 156 Å². The van der Waals surface area contributed by atoms with E-state index in [-0.39, 0.29) is 12.8 Å². The van der Waals surface area contributed by atoms with Crippen molar-refractivity contribution >= 4 is 10.1 Å². The van der Waals surface area contributed by atoms with E-state index in [1.165, 1.54) is 57.8 Å². The van der Waals surface area contributed by atoms with E-state index in [9.17, 15) is 18.1 Å². The monoisotopic (exact) mass is 378 g/mol. The van der Waals surface area contributed by atoms with Gasteiger partial charge in [-0.1, -0.05) is 97.3 Å². The molecule has 0 aromatic rings. The molecule has 2 N–H and O–H groups in total. The first-order valence-electron chi connectivity index (χ1n) is 10.6. The average Bonchev–Trinajstić information content (AvgIpc) is 2.55. The fourth-order valence-corrected chi connectivity index (χ4v) is 4.08. The fraction of sp³-hybridized carbons (Fsp3) is 1.00. The van der Waals surface area contributed by atoms with Crippen molar-refractivity contribution in [3.63, 3.8) is 0 Å². The Morgan fingerprint density at radius 2 is 0.880 bits per heavy atom. The summed E-state index contributed by atoms with van der Waals surface area (Å²) in [5.41, 5.74) is 0. The van der Waals surface area contributed by atoms with Crippen molar-refractivity contribution in [3.8, 4) is 0 Å². The summed E-state index contributed by atoms with van der Waals surface area (Å²) in [7, 11) is -4.40. The number of hydrogen-bond acceptors (Lipinski definition) is 3. The quantitative estimate of drug-likeness (QED) is 0.219. The van der Waals surface area contributed by atoms with Crippen LogP contribution in [-0.4, -0.2) is 23.0 Å². The van der Waals surface area contributed by atoms with Crippen molar-refractivity contribution in [3.05, 3.63) is 0 Å². The molecule has 1 unspecified atom stereocenters. The molecule has 0 fully saturated rings. The standard InChI is InChI=1S/C20H42O4S/c1-3-5-7-8-9-10-11-12-13-14-15-17-19-20(21,25(22,23)24)18-16-6-4-2/h21H,3-19H2,1-2H3,(H,22,23,24). The first-order chi connectivity index (χ1) is 11.9. The van der Waals surface area contributed by atoms with Crippen LogP contribution in [-0.2, 0) is 10.1 Å². The Kier molecular flexibility index (Phi) is 14.9. The minimum Gasteiger partial charge on any atom is -0.372 e. The molecule has 4 nitrogen and oxygen atoms in total. The number of unbranched alkanes of at least 4 members (excludes halogenated alkanes) is 13. The van der Waals surface area contributed by atoms with E-state index in [2.05, 4.69) is 6.92 Å². The molecule has 0 rings (SSSR count). The third-order valence-electron chi connectivity index (χ3n) is 5.07. The van der Waals surface area contributed by atoms with Crippen LogP contribution in [0.2, 0.25) is 0 Å². The molecule has 0 aromatic heterocycles. The molecule has 0 aliphatic heterocycles. The molecule has 0 aliphatic rings. The Bertz CT molecular complexity index is 395. The van der Waals surface area contributed by atoms with Gasteiger partial charge in [0.2, 0.25) is 0 Å². The Morgan fingerprint density at radius 3 is 1.24 bits per heavy atom. The van der Waals surface area contributed by atoms with E-state index in [0.29, 0.717) is 12.8 Å². The van der Waals surface area contributed by atoms with E-state index in [1.807, 2.05) is 6.92 Å². The number of aliphatic hydroxyl groups is 1.